The fourth-order valence-corrected chi connectivity index (χ4v) is 1.17. The molecule has 0 spiro atoms. The summed E-state index contributed by atoms with van der Waals surface area (Å²) in [4.78, 5) is 0. The molecule has 1 aromatic carbocycles. The van der Waals surface area contributed by atoms with Crippen LogP contribution in [0.1, 0.15) is 5.56 Å². The Hall–Kier alpha value is -1.02. The van der Waals surface area contributed by atoms with Gasteiger partial charge >= 0.3 is 0 Å². The molecule has 0 atom stereocenters. The zero-order valence-electron chi connectivity index (χ0n) is 7.42. The molecular formula is C10H15NO. The highest BCUT2D eigenvalue weighted by atomic mass is 16.5. The Balaban J connectivity index is 2.68. The molecule has 0 saturated carbocycles. The fourth-order valence-electron chi connectivity index (χ4n) is 1.17. The van der Waals surface area contributed by atoms with Crippen LogP contribution in [0.5, 0.6) is 5.75 Å². The van der Waals surface area contributed by atoms with Gasteiger partial charge in [0.15, 0.2) is 0 Å². The molecule has 0 saturated heterocycles. The van der Waals surface area contributed by atoms with Crippen molar-refractivity contribution in [2.75, 3.05) is 13.7 Å². The first-order chi connectivity index (χ1) is 5.88. The van der Waals surface area contributed by atoms with Gasteiger partial charge in [0.05, 0.1) is 13.7 Å². The van der Waals surface area contributed by atoms with Crippen LogP contribution in [0.2, 0.25) is 0 Å². The average molecular weight is 165 g/mol. The van der Waals surface area contributed by atoms with Crippen LogP contribution < -0.4 is 10.1 Å². The van der Waals surface area contributed by atoms with Gasteiger partial charge in [0.1, 0.15) is 5.75 Å². The second-order valence-corrected chi connectivity index (χ2v) is 2.64. The summed E-state index contributed by atoms with van der Waals surface area (Å²) in [6, 6.07) is 8.08. The highest BCUT2D eigenvalue weighted by molar-refractivity contribution is 5.33. The van der Waals surface area contributed by atoms with Crippen molar-refractivity contribution in [3.63, 3.8) is 0 Å². The van der Waals surface area contributed by atoms with E-state index in [1.54, 1.807) is 7.11 Å². The number of ether oxygens (including phenoxy) is 1. The van der Waals surface area contributed by atoms with Gasteiger partial charge in [-0.2, -0.15) is 7.05 Å². The Morgan fingerprint density at radius 3 is 2.83 bits per heavy atom. The molecule has 12 heavy (non-hydrogen) atoms. The van der Waals surface area contributed by atoms with Crippen LogP contribution in [0.4, 0.5) is 0 Å². The van der Waals surface area contributed by atoms with Crippen molar-refractivity contribution in [1.82, 2.24) is 0 Å². The molecule has 66 valence electrons. The fraction of sp³-hybridized carbons (Fsp3) is 0.300. The normalized spacial score (nSPS) is 9.83. The van der Waals surface area contributed by atoms with E-state index in [-0.39, 0.29) is 0 Å². The maximum absolute atomic E-state index is 5.21. The van der Waals surface area contributed by atoms with E-state index in [2.05, 4.69) is 13.1 Å². The molecule has 0 unspecified atom stereocenters. The zero-order valence-corrected chi connectivity index (χ0v) is 7.42. The summed E-state index contributed by atoms with van der Waals surface area (Å²) >= 11 is 0. The number of hydrogen-bond acceptors (Lipinski definition) is 1. The van der Waals surface area contributed by atoms with Crippen LogP contribution >= 0.6 is 0 Å². The van der Waals surface area contributed by atoms with Gasteiger partial charge in [-0.05, 0) is 11.6 Å². The smallest absolute Gasteiger partial charge is 0.122 e. The Labute approximate surface area is 73.6 Å². The van der Waals surface area contributed by atoms with Gasteiger partial charge in [-0.15, -0.1) is 0 Å². The molecule has 0 aliphatic rings. The van der Waals surface area contributed by atoms with E-state index < -0.39 is 0 Å². The third-order valence-corrected chi connectivity index (χ3v) is 1.81. The minimum absolute atomic E-state index is 0.972. The molecule has 0 aliphatic heterocycles. The molecule has 2 heteroatoms. The maximum Gasteiger partial charge on any atom is 0.122 e. The van der Waals surface area contributed by atoms with Crippen LogP contribution in [-0.2, 0) is 6.42 Å². The number of methoxy groups -OCH3 is 1. The summed E-state index contributed by atoms with van der Waals surface area (Å²) < 4.78 is 5.21. The van der Waals surface area contributed by atoms with Gasteiger partial charge in [0.2, 0.25) is 0 Å². The van der Waals surface area contributed by atoms with E-state index in [9.17, 15) is 0 Å². The zero-order chi connectivity index (χ0) is 8.81. The summed E-state index contributed by atoms with van der Waals surface area (Å²) in [5.41, 5.74) is 1.25. The van der Waals surface area contributed by atoms with Crippen molar-refractivity contribution >= 4 is 0 Å². The predicted octanol–water partition coefficient (Wildman–Crippen LogP) is 0.593. The lowest BCUT2D eigenvalue weighted by Crippen LogP contribution is -2.77. The summed E-state index contributed by atoms with van der Waals surface area (Å²) in [7, 11) is 5.39. The second-order valence-electron chi connectivity index (χ2n) is 2.64. The van der Waals surface area contributed by atoms with Gasteiger partial charge in [-0.3, -0.25) is 0 Å². The van der Waals surface area contributed by atoms with E-state index in [1.165, 1.54) is 5.56 Å². The van der Waals surface area contributed by atoms with E-state index in [0.29, 0.717) is 0 Å². The van der Waals surface area contributed by atoms with Crippen LogP contribution in [0.3, 0.4) is 0 Å². The minimum Gasteiger partial charge on any atom is -0.496 e. The van der Waals surface area contributed by atoms with Crippen molar-refractivity contribution in [3.8, 4) is 5.75 Å². The number of nitrogens with two attached hydrogens (primary N) is 1. The number of rotatable bonds is 4. The van der Waals surface area contributed by atoms with Gasteiger partial charge in [-0.25, -0.2) is 0 Å². The number of quaternary nitrogens is 1. The maximum atomic E-state index is 5.21. The first kappa shape index (κ1) is 9.07. The second kappa shape index (κ2) is 4.78. The quantitative estimate of drug-likeness (QED) is 0.649. The Kier molecular flexibility index (Phi) is 3.61. The Morgan fingerprint density at radius 1 is 1.42 bits per heavy atom. The summed E-state index contributed by atoms with van der Waals surface area (Å²) in [5.74, 6) is 0.972. The molecule has 1 aromatic rings. The third kappa shape index (κ3) is 2.24. The van der Waals surface area contributed by atoms with Gasteiger partial charge < -0.3 is 10.1 Å². The Bertz CT molecular complexity index is 235. The first-order valence-corrected chi connectivity index (χ1v) is 4.11. The van der Waals surface area contributed by atoms with Crippen molar-refractivity contribution in [2.45, 2.75) is 6.42 Å². The van der Waals surface area contributed by atoms with E-state index in [1.807, 2.05) is 23.5 Å². The van der Waals surface area contributed by atoms with E-state index in [0.717, 1.165) is 18.7 Å². The molecule has 0 aliphatic carbocycles. The predicted molar refractivity (Wildman–Crippen MR) is 48.8 cm³/mol. The highest BCUT2D eigenvalue weighted by Gasteiger charge is 1.99. The highest BCUT2D eigenvalue weighted by Crippen LogP contribution is 2.16. The molecule has 1 rings (SSSR count). The lowest BCUT2D eigenvalue weighted by Gasteiger charge is -2.06. The average Bonchev–Trinajstić information content (AvgIpc) is 2.15. The number of para-hydroxylation sites is 1. The molecule has 2 N–H and O–H groups in total. The van der Waals surface area contributed by atoms with Crippen molar-refractivity contribution in [3.05, 3.63) is 36.9 Å². The molecule has 0 fully saturated rings. The van der Waals surface area contributed by atoms with Gasteiger partial charge in [0, 0.05) is 6.42 Å². The van der Waals surface area contributed by atoms with E-state index >= 15 is 0 Å². The number of hydrogen-bond donors (Lipinski definition) is 1. The minimum atomic E-state index is 0.972. The molecule has 0 radical (unpaired) electrons. The lowest BCUT2D eigenvalue weighted by atomic mass is 10.1. The molecule has 0 aromatic heterocycles. The third-order valence-electron chi connectivity index (χ3n) is 1.81. The summed E-state index contributed by atoms with van der Waals surface area (Å²) in [5, 5.41) is 1.92. The lowest BCUT2D eigenvalue weighted by molar-refractivity contribution is -0.594. The van der Waals surface area contributed by atoms with Crippen molar-refractivity contribution in [1.29, 1.82) is 0 Å². The largest absolute Gasteiger partial charge is 0.496 e. The van der Waals surface area contributed by atoms with Gasteiger partial charge in [-0.1, -0.05) is 18.2 Å². The van der Waals surface area contributed by atoms with E-state index in [4.69, 9.17) is 4.74 Å². The summed E-state index contributed by atoms with van der Waals surface area (Å²) in [6.07, 6.45) is 1.01. The monoisotopic (exact) mass is 165 g/mol. The van der Waals surface area contributed by atoms with Gasteiger partial charge in [0.25, 0.3) is 0 Å². The Morgan fingerprint density at radius 2 is 2.17 bits per heavy atom. The standard InChI is InChI=1S/C10H15NO/c1-11-8-7-9-5-3-4-6-10(9)12-2/h3-6H,1,7-8,11H2,2H3. The molecule has 0 amide bonds. The van der Waals surface area contributed by atoms with Crippen LogP contribution in [0.25, 0.3) is 0 Å². The van der Waals surface area contributed by atoms with Crippen LogP contribution in [0.15, 0.2) is 24.3 Å². The molecule has 2 nitrogen and oxygen atoms in total. The van der Waals surface area contributed by atoms with Crippen LogP contribution in [-0.4, -0.2) is 13.7 Å². The van der Waals surface area contributed by atoms with Crippen molar-refractivity contribution < 1.29 is 10.1 Å². The van der Waals surface area contributed by atoms with Crippen LogP contribution in [0, 0.1) is 7.05 Å². The topological polar surface area (TPSA) is 25.8 Å². The summed E-state index contributed by atoms with van der Waals surface area (Å²) in [6.45, 7) is 1.00. The first-order valence-electron chi connectivity index (χ1n) is 4.11. The molecule has 0 heterocycles. The SMILES string of the molecule is [CH2-][NH2+]CCc1ccccc1OC. The molecular weight excluding hydrogens is 150 g/mol. The van der Waals surface area contributed by atoms with Crippen molar-refractivity contribution in [2.24, 2.45) is 0 Å². The number of benzene rings is 1. The molecule has 0 bridgehead atoms.